The Morgan fingerprint density at radius 2 is 2.11 bits per heavy atom. The van der Waals surface area contributed by atoms with Crippen LogP contribution in [0.15, 0.2) is 40.6 Å². The van der Waals surface area contributed by atoms with Crippen LogP contribution >= 0.6 is 22.9 Å². The Balaban J connectivity index is 1.78. The summed E-state index contributed by atoms with van der Waals surface area (Å²) in [6.07, 6.45) is 2.08. The molecule has 3 rings (SSSR count). The third-order valence-corrected chi connectivity index (χ3v) is 8.27. The molecular weight excluding hydrogens is 418 g/mol. The average molecular weight is 442 g/mol. The first-order valence-corrected chi connectivity index (χ1v) is 11.7. The van der Waals surface area contributed by atoms with Gasteiger partial charge in [-0.15, -0.1) is 11.3 Å². The first-order chi connectivity index (χ1) is 13.2. The second-order valence-electron chi connectivity index (χ2n) is 7.01. The second-order valence-corrected chi connectivity index (χ2v) is 10.5. The van der Waals surface area contributed by atoms with Crippen molar-refractivity contribution < 1.29 is 13.2 Å². The summed E-state index contributed by atoms with van der Waals surface area (Å²) >= 11 is 7.78. The first-order valence-electron chi connectivity index (χ1n) is 9.04. The van der Waals surface area contributed by atoms with Crippen LogP contribution in [0.3, 0.4) is 0 Å². The lowest BCUT2D eigenvalue weighted by Crippen LogP contribution is -2.41. The minimum atomic E-state index is -3.70. The van der Waals surface area contributed by atoms with Crippen LogP contribution in [-0.2, 0) is 14.8 Å². The topological polar surface area (TPSA) is 69.7 Å². The molecular formula is C19H24ClN3O3S2. The molecule has 1 aromatic heterocycles. The van der Waals surface area contributed by atoms with Crippen molar-refractivity contribution in [1.82, 2.24) is 9.21 Å². The molecule has 1 amide bonds. The Labute approximate surface area is 175 Å². The lowest BCUT2D eigenvalue weighted by atomic mass is 10.1. The smallest absolute Gasteiger partial charge is 0.244 e. The van der Waals surface area contributed by atoms with Crippen molar-refractivity contribution >= 4 is 44.6 Å². The molecule has 1 aliphatic heterocycles. The van der Waals surface area contributed by atoms with Crippen molar-refractivity contribution in [2.75, 3.05) is 26.0 Å². The molecule has 28 heavy (non-hydrogen) atoms. The fraction of sp³-hybridized carbons (Fsp3) is 0.421. The minimum Gasteiger partial charge on any atom is -0.325 e. The van der Waals surface area contributed by atoms with Gasteiger partial charge in [0.25, 0.3) is 0 Å². The summed E-state index contributed by atoms with van der Waals surface area (Å²) in [5.41, 5.74) is 0.411. The molecule has 0 radical (unpaired) electrons. The number of anilines is 1. The van der Waals surface area contributed by atoms with Crippen LogP contribution in [0.25, 0.3) is 0 Å². The van der Waals surface area contributed by atoms with Gasteiger partial charge in [0.05, 0.1) is 11.1 Å². The Kier molecular flexibility index (Phi) is 6.46. The number of carbonyl (C=O) groups excluding carboxylic acids is 1. The molecule has 2 atom stereocenters. The number of hydrogen-bond acceptors (Lipinski definition) is 5. The maximum Gasteiger partial charge on any atom is 0.244 e. The van der Waals surface area contributed by atoms with Gasteiger partial charge in [-0.1, -0.05) is 17.7 Å². The van der Waals surface area contributed by atoms with E-state index in [2.05, 4.69) is 21.7 Å². The van der Waals surface area contributed by atoms with Crippen molar-refractivity contribution in [3.63, 3.8) is 0 Å². The van der Waals surface area contributed by atoms with Crippen molar-refractivity contribution in [2.24, 2.45) is 0 Å². The van der Waals surface area contributed by atoms with E-state index in [1.807, 2.05) is 13.0 Å². The number of rotatable bonds is 6. The number of amides is 1. The summed E-state index contributed by atoms with van der Waals surface area (Å²) in [6, 6.07) is 8.56. The number of benzene rings is 1. The molecule has 152 valence electrons. The zero-order valence-electron chi connectivity index (χ0n) is 16.1. The highest BCUT2D eigenvalue weighted by Gasteiger charge is 2.33. The van der Waals surface area contributed by atoms with Crippen molar-refractivity contribution in [3.8, 4) is 0 Å². The highest BCUT2D eigenvalue weighted by Crippen LogP contribution is 2.36. The van der Waals surface area contributed by atoms with Crippen LogP contribution in [0.1, 0.15) is 30.7 Å². The Bertz CT molecular complexity index is 945. The predicted molar refractivity (Wildman–Crippen MR) is 113 cm³/mol. The number of halogens is 1. The monoisotopic (exact) mass is 441 g/mol. The van der Waals surface area contributed by atoms with Crippen LogP contribution in [0.4, 0.5) is 5.69 Å². The summed E-state index contributed by atoms with van der Waals surface area (Å²) < 4.78 is 26.0. The zero-order chi connectivity index (χ0) is 20.5. The quantitative estimate of drug-likeness (QED) is 0.739. The molecule has 0 bridgehead atoms. The van der Waals surface area contributed by atoms with Gasteiger partial charge in [-0.3, -0.25) is 9.69 Å². The molecule has 1 N–H and O–H groups in total. The van der Waals surface area contributed by atoms with Crippen molar-refractivity contribution in [3.05, 3.63) is 45.6 Å². The van der Waals surface area contributed by atoms with E-state index >= 15 is 0 Å². The standard InChI is InChI=1S/C19H24ClN3O3S2/c1-13(23-10-4-6-16(23)17-7-5-11-27-17)19(24)21-14-8-9-15(20)18(12-14)28(25,26)22(2)3/h5,7-9,11-13,16H,4,6,10H2,1-3H3,(H,21,24)/t13-,16+/m0/s1. The summed E-state index contributed by atoms with van der Waals surface area (Å²) in [4.78, 5) is 16.3. The molecule has 0 saturated carbocycles. The predicted octanol–water partition coefficient (Wildman–Crippen LogP) is 3.82. The zero-order valence-corrected chi connectivity index (χ0v) is 18.4. The molecule has 1 fully saturated rings. The Morgan fingerprint density at radius 1 is 1.36 bits per heavy atom. The number of nitrogens with one attached hydrogen (secondary N) is 1. The van der Waals surface area contributed by atoms with Crippen LogP contribution < -0.4 is 5.32 Å². The maximum atomic E-state index is 12.9. The summed E-state index contributed by atoms with van der Waals surface area (Å²) in [7, 11) is -0.816. The maximum absolute atomic E-state index is 12.9. The minimum absolute atomic E-state index is 0.0257. The van der Waals surface area contributed by atoms with Crippen LogP contribution in [0.2, 0.25) is 5.02 Å². The van der Waals surface area contributed by atoms with Gasteiger partial charge >= 0.3 is 0 Å². The summed E-state index contributed by atoms with van der Waals surface area (Å²) in [5.74, 6) is -0.168. The number of thiophene rings is 1. The van der Waals surface area contributed by atoms with E-state index in [-0.39, 0.29) is 27.9 Å². The van der Waals surface area contributed by atoms with E-state index in [0.717, 1.165) is 23.7 Å². The van der Waals surface area contributed by atoms with E-state index in [1.165, 1.54) is 31.1 Å². The number of sulfonamides is 1. The third kappa shape index (κ3) is 4.26. The van der Waals surface area contributed by atoms with E-state index < -0.39 is 10.0 Å². The third-order valence-electron chi connectivity index (χ3n) is 5.00. The van der Waals surface area contributed by atoms with Gasteiger partial charge in [-0.05, 0) is 56.0 Å². The lowest BCUT2D eigenvalue weighted by Gasteiger charge is -2.29. The molecule has 1 saturated heterocycles. The van der Waals surface area contributed by atoms with Gasteiger partial charge in [0.1, 0.15) is 4.90 Å². The molecule has 1 aromatic carbocycles. The average Bonchev–Trinajstić information content (AvgIpc) is 3.33. The number of nitrogens with zero attached hydrogens (tertiary/aromatic N) is 2. The molecule has 6 nitrogen and oxygen atoms in total. The van der Waals surface area contributed by atoms with Gasteiger partial charge in [-0.25, -0.2) is 12.7 Å². The van der Waals surface area contributed by atoms with Crippen LogP contribution in [0, 0.1) is 0 Å². The van der Waals surface area contributed by atoms with E-state index in [1.54, 1.807) is 17.4 Å². The highest BCUT2D eigenvalue weighted by atomic mass is 35.5. The fourth-order valence-electron chi connectivity index (χ4n) is 3.41. The van der Waals surface area contributed by atoms with Crippen LogP contribution in [-0.4, -0.2) is 50.2 Å². The molecule has 1 aliphatic rings. The molecule has 0 spiro atoms. The Hall–Kier alpha value is -1.45. The molecule has 0 unspecified atom stereocenters. The number of carbonyl (C=O) groups is 1. The molecule has 2 aromatic rings. The van der Waals surface area contributed by atoms with Crippen molar-refractivity contribution in [2.45, 2.75) is 36.7 Å². The molecule has 2 heterocycles. The van der Waals surface area contributed by atoms with Gasteiger partial charge in [0.15, 0.2) is 0 Å². The first kappa shape index (κ1) is 21.3. The summed E-state index contributed by atoms with van der Waals surface area (Å²) in [6.45, 7) is 2.74. The SMILES string of the molecule is C[C@@H](C(=O)Nc1ccc(Cl)c(S(=O)(=O)N(C)C)c1)N1CCC[C@@H]1c1cccs1. The second kappa shape index (κ2) is 8.51. The van der Waals surface area contributed by atoms with E-state index in [0.29, 0.717) is 5.69 Å². The normalized spacial score (nSPS) is 19.1. The van der Waals surface area contributed by atoms with Gasteiger partial charge < -0.3 is 5.32 Å². The largest absolute Gasteiger partial charge is 0.325 e. The lowest BCUT2D eigenvalue weighted by molar-refractivity contribution is -0.121. The molecule has 0 aliphatic carbocycles. The van der Waals surface area contributed by atoms with E-state index in [4.69, 9.17) is 11.6 Å². The number of hydrogen-bond donors (Lipinski definition) is 1. The fourth-order valence-corrected chi connectivity index (χ4v) is 5.69. The number of likely N-dealkylation sites (tertiary alicyclic amines) is 1. The van der Waals surface area contributed by atoms with Gasteiger partial charge in [0.2, 0.25) is 15.9 Å². The highest BCUT2D eigenvalue weighted by molar-refractivity contribution is 7.89. The summed E-state index contributed by atoms with van der Waals surface area (Å²) in [5, 5.41) is 5.02. The van der Waals surface area contributed by atoms with Crippen molar-refractivity contribution in [1.29, 1.82) is 0 Å². The molecule has 9 heteroatoms. The van der Waals surface area contributed by atoms with Crippen LogP contribution in [0.5, 0.6) is 0 Å². The van der Waals surface area contributed by atoms with Gasteiger partial charge in [0, 0.05) is 30.7 Å². The van der Waals surface area contributed by atoms with E-state index in [9.17, 15) is 13.2 Å². The van der Waals surface area contributed by atoms with Gasteiger partial charge in [-0.2, -0.15) is 0 Å². The Morgan fingerprint density at radius 3 is 2.75 bits per heavy atom.